The number of likely N-dealkylation sites (N-methyl/N-ethyl adjacent to an activating group) is 1. The van der Waals surface area contributed by atoms with Crippen LogP contribution >= 0.6 is 0 Å². The molecular formula is C11H19N3. The molecule has 0 radical (unpaired) electrons. The number of aromatic nitrogens is 2. The number of hydrogen-bond donors (Lipinski definition) is 1. The van der Waals surface area contributed by atoms with E-state index in [0.29, 0.717) is 0 Å². The summed E-state index contributed by atoms with van der Waals surface area (Å²) in [6.07, 6.45) is 1.88. The Hall–Kier alpha value is -1.09. The summed E-state index contributed by atoms with van der Waals surface area (Å²) >= 11 is 0. The van der Waals surface area contributed by atoms with Gasteiger partial charge in [-0.15, -0.1) is 0 Å². The summed E-state index contributed by atoms with van der Waals surface area (Å²) in [5.41, 5.74) is 3.51. The molecule has 0 unspecified atom stereocenters. The maximum absolute atomic E-state index is 4.25. The summed E-state index contributed by atoms with van der Waals surface area (Å²) in [5, 5.41) is 3.26. The summed E-state index contributed by atoms with van der Waals surface area (Å²) in [6.45, 7) is 13.0. The monoisotopic (exact) mass is 193 g/mol. The summed E-state index contributed by atoms with van der Waals surface area (Å²) in [6, 6.07) is 0. The van der Waals surface area contributed by atoms with Gasteiger partial charge in [0.2, 0.25) is 0 Å². The molecule has 0 spiro atoms. The van der Waals surface area contributed by atoms with Crippen molar-refractivity contribution in [2.45, 2.75) is 27.3 Å². The van der Waals surface area contributed by atoms with E-state index in [4.69, 9.17) is 0 Å². The first-order chi connectivity index (χ1) is 6.65. The Bertz CT molecular complexity index is 312. The van der Waals surface area contributed by atoms with Crippen molar-refractivity contribution in [3.8, 4) is 0 Å². The molecule has 0 aromatic carbocycles. The Labute approximate surface area is 85.8 Å². The highest BCUT2D eigenvalue weighted by Gasteiger charge is 2.02. The van der Waals surface area contributed by atoms with Crippen LogP contribution in [0.25, 0.3) is 0 Å². The highest BCUT2D eigenvalue weighted by atomic mass is 15.1. The molecule has 1 rings (SSSR count). The second kappa shape index (κ2) is 4.96. The molecule has 0 fully saturated rings. The molecule has 0 aliphatic rings. The number of rotatable bonds is 5. The lowest BCUT2D eigenvalue weighted by molar-refractivity contribution is 0.692. The molecule has 0 saturated heterocycles. The smallest absolute Gasteiger partial charge is 0.0954 e. The van der Waals surface area contributed by atoms with Crippen LogP contribution < -0.4 is 5.32 Å². The minimum absolute atomic E-state index is 0.861. The van der Waals surface area contributed by atoms with Crippen LogP contribution in [-0.4, -0.2) is 22.6 Å². The minimum atomic E-state index is 0.861. The molecule has 0 aliphatic carbocycles. The molecule has 0 atom stereocenters. The Balaban J connectivity index is 2.52. The number of nitrogens with zero attached hydrogens (tertiary/aromatic N) is 2. The maximum Gasteiger partial charge on any atom is 0.0954 e. The average Bonchev–Trinajstić information content (AvgIpc) is 2.46. The molecular weight excluding hydrogens is 174 g/mol. The molecule has 0 bridgehead atoms. The lowest BCUT2D eigenvalue weighted by atomic mass is 10.3. The zero-order chi connectivity index (χ0) is 10.6. The van der Waals surface area contributed by atoms with E-state index in [1.807, 2.05) is 13.3 Å². The number of hydrogen-bond acceptors (Lipinski definition) is 2. The first-order valence-electron chi connectivity index (χ1n) is 5.00. The molecule has 0 saturated carbocycles. The molecule has 3 nitrogen and oxygen atoms in total. The van der Waals surface area contributed by atoms with Crippen LogP contribution in [0.2, 0.25) is 0 Å². The standard InChI is InChI=1S/C11H19N3/c1-5-12-6-9(2)7-14-8-13-10(3)11(14)4/h8,12H,2,5-7H2,1,3-4H3. The molecule has 1 heterocycles. The van der Waals surface area contributed by atoms with E-state index < -0.39 is 0 Å². The highest BCUT2D eigenvalue weighted by Crippen LogP contribution is 2.06. The van der Waals surface area contributed by atoms with Crippen molar-refractivity contribution >= 4 is 0 Å². The van der Waals surface area contributed by atoms with Crippen LogP contribution in [0, 0.1) is 13.8 Å². The normalized spacial score (nSPS) is 10.5. The molecule has 1 aromatic heterocycles. The van der Waals surface area contributed by atoms with Crippen molar-refractivity contribution in [3.05, 3.63) is 29.9 Å². The lowest BCUT2D eigenvalue weighted by Gasteiger charge is -2.08. The number of aryl methyl sites for hydroxylation is 1. The molecule has 78 valence electrons. The summed E-state index contributed by atoms with van der Waals surface area (Å²) in [4.78, 5) is 4.25. The second-order valence-electron chi connectivity index (χ2n) is 3.57. The first-order valence-corrected chi connectivity index (χ1v) is 5.00. The Morgan fingerprint density at radius 2 is 2.29 bits per heavy atom. The van der Waals surface area contributed by atoms with Crippen molar-refractivity contribution < 1.29 is 0 Å². The van der Waals surface area contributed by atoms with Gasteiger partial charge in [-0.2, -0.15) is 0 Å². The Kier molecular flexibility index (Phi) is 3.89. The van der Waals surface area contributed by atoms with Crippen molar-refractivity contribution in [1.82, 2.24) is 14.9 Å². The van der Waals surface area contributed by atoms with Crippen LogP contribution in [0.3, 0.4) is 0 Å². The number of nitrogens with one attached hydrogen (secondary N) is 1. The van der Waals surface area contributed by atoms with Gasteiger partial charge in [-0.1, -0.05) is 13.5 Å². The first kappa shape index (κ1) is 11.0. The third-order valence-corrected chi connectivity index (χ3v) is 2.36. The average molecular weight is 193 g/mol. The fourth-order valence-electron chi connectivity index (χ4n) is 1.30. The summed E-state index contributed by atoms with van der Waals surface area (Å²) in [7, 11) is 0. The van der Waals surface area contributed by atoms with Crippen LogP contribution in [-0.2, 0) is 6.54 Å². The van der Waals surface area contributed by atoms with E-state index in [2.05, 4.69) is 35.3 Å². The topological polar surface area (TPSA) is 29.9 Å². The van der Waals surface area contributed by atoms with Gasteiger partial charge in [0.1, 0.15) is 0 Å². The van der Waals surface area contributed by atoms with Crippen LogP contribution in [0.1, 0.15) is 18.3 Å². The molecule has 14 heavy (non-hydrogen) atoms. The second-order valence-corrected chi connectivity index (χ2v) is 3.57. The van der Waals surface area contributed by atoms with Gasteiger partial charge in [-0.3, -0.25) is 0 Å². The van der Waals surface area contributed by atoms with E-state index in [-0.39, 0.29) is 0 Å². The zero-order valence-electron chi connectivity index (χ0n) is 9.30. The Morgan fingerprint density at radius 1 is 1.57 bits per heavy atom. The lowest BCUT2D eigenvalue weighted by Crippen LogP contribution is -2.18. The Morgan fingerprint density at radius 3 is 2.79 bits per heavy atom. The summed E-state index contributed by atoms with van der Waals surface area (Å²) < 4.78 is 2.13. The van der Waals surface area contributed by atoms with Crippen molar-refractivity contribution in [2.75, 3.05) is 13.1 Å². The molecule has 3 heteroatoms. The molecule has 1 aromatic rings. The van der Waals surface area contributed by atoms with Gasteiger partial charge in [0, 0.05) is 18.8 Å². The zero-order valence-corrected chi connectivity index (χ0v) is 9.30. The molecule has 0 aliphatic heterocycles. The SMILES string of the molecule is C=C(CNCC)Cn1cnc(C)c1C. The maximum atomic E-state index is 4.25. The molecule has 0 amide bonds. The minimum Gasteiger partial charge on any atom is -0.330 e. The quantitative estimate of drug-likeness (QED) is 0.721. The number of imidazole rings is 1. The third-order valence-electron chi connectivity index (χ3n) is 2.36. The van der Waals surface area contributed by atoms with E-state index in [1.54, 1.807) is 0 Å². The van der Waals surface area contributed by atoms with Gasteiger partial charge in [-0.25, -0.2) is 4.98 Å². The van der Waals surface area contributed by atoms with Gasteiger partial charge in [-0.05, 0) is 26.0 Å². The van der Waals surface area contributed by atoms with Gasteiger partial charge in [0.25, 0.3) is 0 Å². The highest BCUT2D eigenvalue weighted by molar-refractivity contribution is 5.11. The van der Waals surface area contributed by atoms with Crippen molar-refractivity contribution in [3.63, 3.8) is 0 Å². The van der Waals surface area contributed by atoms with E-state index in [1.165, 1.54) is 11.3 Å². The molecule has 1 N–H and O–H groups in total. The van der Waals surface area contributed by atoms with Gasteiger partial charge in [0.15, 0.2) is 0 Å². The van der Waals surface area contributed by atoms with Gasteiger partial charge < -0.3 is 9.88 Å². The fraction of sp³-hybridized carbons (Fsp3) is 0.545. The fourth-order valence-corrected chi connectivity index (χ4v) is 1.30. The van der Waals surface area contributed by atoms with Crippen molar-refractivity contribution in [2.24, 2.45) is 0 Å². The van der Waals surface area contributed by atoms with Crippen LogP contribution in [0.15, 0.2) is 18.5 Å². The largest absolute Gasteiger partial charge is 0.330 e. The van der Waals surface area contributed by atoms with Crippen LogP contribution in [0.4, 0.5) is 0 Å². The van der Waals surface area contributed by atoms with Crippen molar-refractivity contribution in [1.29, 1.82) is 0 Å². The predicted molar refractivity (Wildman–Crippen MR) is 59.4 cm³/mol. The van der Waals surface area contributed by atoms with Gasteiger partial charge in [0.05, 0.1) is 12.0 Å². The van der Waals surface area contributed by atoms with Gasteiger partial charge >= 0.3 is 0 Å². The predicted octanol–water partition coefficient (Wildman–Crippen LogP) is 1.67. The third kappa shape index (κ3) is 2.70. The van der Waals surface area contributed by atoms with Crippen LogP contribution in [0.5, 0.6) is 0 Å². The summed E-state index contributed by atoms with van der Waals surface area (Å²) in [5.74, 6) is 0. The van der Waals surface area contributed by atoms with E-state index in [9.17, 15) is 0 Å². The van der Waals surface area contributed by atoms with E-state index in [0.717, 1.165) is 25.3 Å². The van der Waals surface area contributed by atoms with E-state index >= 15 is 0 Å².